The predicted octanol–water partition coefficient (Wildman–Crippen LogP) is 7.01. The van der Waals surface area contributed by atoms with Gasteiger partial charge >= 0.3 is 0 Å². The molecule has 0 atom stereocenters. The second-order valence-corrected chi connectivity index (χ2v) is 10.1. The Hall–Kier alpha value is -3.48. The first-order valence-corrected chi connectivity index (χ1v) is 12.7. The third kappa shape index (κ3) is 3.69. The molecule has 0 spiro atoms. The molecular weight excluding hydrogens is 458 g/mol. The van der Waals surface area contributed by atoms with Gasteiger partial charge in [-0.05, 0) is 40.9 Å². The van der Waals surface area contributed by atoms with E-state index in [1.54, 1.807) is 11.8 Å². The Balaban J connectivity index is 1.45. The zero-order valence-electron chi connectivity index (χ0n) is 18.5. The van der Waals surface area contributed by atoms with Crippen molar-refractivity contribution < 1.29 is 4.79 Å². The van der Waals surface area contributed by atoms with E-state index in [2.05, 4.69) is 35.2 Å². The van der Waals surface area contributed by atoms with Gasteiger partial charge in [0.2, 0.25) is 0 Å². The third-order valence-corrected chi connectivity index (χ3v) is 8.39. The lowest BCUT2D eigenvalue weighted by atomic mass is 10.1. The number of thioether (sulfide) groups is 2. The maximum absolute atomic E-state index is 13.8. The summed E-state index contributed by atoms with van der Waals surface area (Å²) in [5.41, 5.74) is 3.06. The highest BCUT2D eigenvalue weighted by atomic mass is 32.2. The van der Waals surface area contributed by atoms with E-state index >= 15 is 0 Å². The van der Waals surface area contributed by atoms with Crippen LogP contribution in [0, 0.1) is 0 Å². The van der Waals surface area contributed by atoms with E-state index in [0.717, 1.165) is 42.5 Å². The third-order valence-electron chi connectivity index (χ3n) is 5.96. The Morgan fingerprint density at radius 1 is 0.794 bits per heavy atom. The first-order valence-electron chi connectivity index (χ1n) is 11.0. The number of fused-ring (bicyclic) bond motifs is 2. The molecule has 0 N–H and O–H groups in total. The van der Waals surface area contributed by atoms with E-state index in [4.69, 9.17) is 4.99 Å². The molecule has 0 aromatic heterocycles. The van der Waals surface area contributed by atoms with Gasteiger partial charge in [0.1, 0.15) is 4.91 Å². The minimum absolute atomic E-state index is 0.00463. The summed E-state index contributed by atoms with van der Waals surface area (Å²) in [5, 5.41) is 3.87. The van der Waals surface area contributed by atoms with Crippen molar-refractivity contribution in [3.8, 4) is 0 Å². The molecule has 4 aromatic carbocycles. The van der Waals surface area contributed by atoms with E-state index in [1.807, 2.05) is 78.7 Å². The Morgan fingerprint density at radius 2 is 1.53 bits per heavy atom. The number of nitrogens with zero attached hydrogens (tertiary/aromatic N) is 3. The number of para-hydroxylation sites is 1. The standard InChI is InChI=1S/C28H21N3OS2/c1-30-23-16-7-8-17-24(23)33-27(30)25-26(32)31(18-19-10-3-2-4-11-19)28(34-25)29-22-15-9-13-20-12-5-6-14-21(20)22/h2-17H,18H2,1H3/b27-25-,29-28+. The van der Waals surface area contributed by atoms with Crippen LogP contribution in [0.2, 0.25) is 0 Å². The number of rotatable bonds is 3. The normalized spacial score (nSPS) is 18.9. The smallest absolute Gasteiger partial charge is 0.269 e. The molecule has 34 heavy (non-hydrogen) atoms. The summed E-state index contributed by atoms with van der Waals surface area (Å²) in [7, 11) is 2.02. The molecule has 1 saturated heterocycles. The van der Waals surface area contributed by atoms with Crippen LogP contribution in [0.4, 0.5) is 11.4 Å². The van der Waals surface area contributed by atoms with Gasteiger partial charge in [0.25, 0.3) is 5.91 Å². The number of carbonyl (C=O) groups excluding carboxylic acids is 1. The van der Waals surface area contributed by atoms with Gasteiger partial charge in [0.05, 0.1) is 22.9 Å². The minimum Gasteiger partial charge on any atom is -0.337 e. The number of carbonyl (C=O) groups is 1. The van der Waals surface area contributed by atoms with Gasteiger partial charge in [0, 0.05) is 17.3 Å². The minimum atomic E-state index is -0.00463. The Kier molecular flexibility index (Phi) is 5.40. The van der Waals surface area contributed by atoms with E-state index in [0.29, 0.717) is 11.7 Å². The maximum Gasteiger partial charge on any atom is 0.269 e. The highest BCUT2D eigenvalue weighted by Gasteiger charge is 2.39. The van der Waals surface area contributed by atoms with Crippen LogP contribution in [0.3, 0.4) is 0 Å². The van der Waals surface area contributed by atoms with Crippen LogP contribution >= 0.6 is 23.5 Å². The quantitative estimate of drug-likeness (QED) is 0.296. The van der Waals surface area contributed by atoms with Gasteiger partial charge in [0.15, 0.2) is 5.17 Å². The maximum atomic E-state index is 13.8. The van der Waals surface area contributed by atoms with Crippen molar-refractivity contribution in [1.82, 2.24) is 4.90 Å². The van der Waals surface area contributed by atoms with Crippen molar-refractivity contribution in [2.75, 3.05) is 11.9 Å². The molecule has 4 nitrogen and oxygen atoms in total. The topological polar surface area (TPSA) is 35.9 Å². The van der Waals surface area contributed by atoms with E-state index in [9.17, 15) is 4.79 Å². The fourth-order valence-electron chi connectivity index (χ4n) is 4.23. The van der Waals surface area contributed by atoms with E-state index < -0.39 is 0 Å². The second-order valence-electron chi connectivity index (χ2n) is 8.13. The number of anilines is 1. The number of amidine groups is 1. The molecule has 0 bridgehead atoms. The van der Waals surface area contributed by atoms with Crippen LogP contribution < -0.4 is 4.90 Å². The summed E-state index contributed by atoms with van der Waals surface area (Å²) in [5.74, 6) is -0.00463. The van der Waals surface area contributed by atoms with Gasteiger partial charge in [-0.15, -0.1) is 0 Å². The predicted molar refractivity (Wildman–Crippen MR) is 143 cm³/mol. The Morgan fingerprint density at radius 3 is 2.38 bits per heavy atom. The van der Waals surface area contributed by atoms with Gasteiger partial charge < -0.3 is 4.90 Å². The number of benzene rings is 4. The van der Waals surface area contributed by atoms with Crippen LogP contribution in [-0.4, -0.2) is 23.0 Å². The van der Waals surface area contributed by atoms with Crippen LogP contribution in [-0.2, 0) is 11.3 Å². The number of hydrogen-bond acceptors (Lipinski definition) is 5. The molecule has 0 radical (unpaired) electrons. The molecular formula is C28H21N3OS2. The highest BCUT2D eigenvalue weighted by molar-refractivity contribution is 8.19. The van der Waals surface area contributed by atoms with Crippen molar-refractivity contribution in [3.05, 3.63) is 113 Å². The number of hydrogen-bond donors (Lipinski definition) is 0. The molecule has 2 heterocycles. The summed E-state index contributed by atoms with van der Waals surface area (Å²) in [6.45, 7) is 0.481. The molecule has 0 aliphatic carbocycles. The van der Waals surface area contributed by atoms with Gasteiger partial charge in [-0.2, -0.15) is 0 Å². The van der Waals surface area contributed by atoms with Crippen LogP contribution in [0.25, 0.3) is 10.8 Å². The summed E-state index contributed by atoms with van der Waals surface area (Å²) < 4.78 is 0. The summed E-state index contributed by atoms with van der Waals surface area (Å²) >= 11 is 3.11. The molecule has 6 heteroatoms. The van der Waals surface area contributed by atoms with Crippen molar-refractivity contribution in [2.45, 2.75) is 11.4 Å². The molecule has 2 aliphatic heterocycles. The molecule has 1 amide bonds. The molecule has 166 valence electrons. The fraction of sp³-hybridized carbons (Fsp3) is 0.0714. The molecule has 6 rings (SSSR count). The Bertz CT molecular complexity index is 1470. The van der Waals surface area contributed by atoms with Crippen LogP contribution in [0.5, 0.6) is 0 Å². The van der Waals surface area contributed by atoms with Crippen molar-refractivity contribution in [1.29, 1.82) is 0 Å². The van der Waals surface area contributed by atoms with Crippen LogP contribution in [0.1, 0.15) is 5.56 Å². The Labute approximate surface area is 207 Å². The van der Waals surface area contributed by atoms with Gasteiger partial charge in [-0.1, -0.05) is 90.6 Å². The summed E-state index contributed by atoms with van der Waals surface area (Å²) in [6, 6.07) is 32.7. The van der Waals surface area contributed by atoms with Crippen molar-refractivity contribution >= 4 is 56.7 Å². The monoisotopic (exact) mass is 479 g/mol. The zero-order valence-corrected chi connectivity index (χ0v) is 20.1. The van der Waals surface area contributed by atoms with E-state index in [-0.39, 0.29) is 5.91 Å². The molecule has 0 unspecified atom stereocenters. The van der Waals surface area contributed by atoms with Crippen molar-refractivity contribution in [2.24, 2.45) is 4.99 Å². The van der Waals surface area contributed by atoms with Crippen LogP contribution in [0.15, 0.2) is 117 Å². The molecule has 4 aromatic rings. The van der Waals surface area contributed by atoms with Gasteiger partial charge in [-0.25, -0.2) is 4.99 Å². The first-order chi connectivity index (χ1) is 16.7. The number of amides is 1. The number of aliphatic imine (C=N–C) groups is 1. The molecule has 0 saturated carbocycles. The largest absolute Gasteiger partial charge is 0.337 e. The van der Waals surface area contributed by atoms with Gasteiger partial charge in [-0.3, -0.25) is 9.69 Å². The van der Waals surface area contributed by atoms with E-state index in [1.165, 1.54) is 11.8 Å². The first kappa shape index (κ1) is 21.1. The second kappa shape index (κ2) is 8.70. The lowest BCUT2D eigenvalue weighted by Crippen LogP contribution is -2.29. The average molecular weight is 480 g/mol. The average Bonchev–Trinajstić information content (AvgIpc) is 3.36. The zero-order chi connectivity index (χ0) is 23.1. The van der Waals surface area contributed by atoms with Crippen molar-refractivity contribution in [3.63, 3.8) is 0 Å². The lowest BCUT2D eigenvalue weighted by molar-refractivity contribution is -0.122. The highest BCUT2D eigenvalue weighted by Crippen LogP contribution is 2.50. The SMILES string of the molecule is CN1/C(=C2/S/C(=N/c3cccc4ccccc34)N(Cc3ccccc3)C2=O)Sc2ccccc21. The lowest BCUT2D eigenvalue weighted by Gasteiger charge is -2.17. The molecule has 2 aliphatic rings. The fourth-order valence-corrected chi connectivity index (χ4v) is 6.57. The molecule has 1 fully saturated rings. The summed E-state index contributed by atoms with van der Waals surface area (Å²) in [6.07, 6.45) is 0. The summed E-state index contributed by atoms with van der Waals surface area (Å²) in [4.78, 5) is 24.6.